The van der Waals surface area contributed by atoms with E-state index in [1.54, 1.807) is 0 Å². The van der Waals surface area contributed by atoms with E-state index < -0.39 is 0 Å². The van der Waals surface area contributed by atoms with Gasteiger partial charge in [-0.1, -0.05) is 24.3 Å². The summed E-state index contributed by atoms with van der Waals surface area (Å²) in [6, 6.07) is 8.04. The van der Waals surface area contributed by atoms with Gasteiger partial charge >= 0.3 is 0 Å². The molecule has 0 bridgehead atoms. The van der Waals surface area contributed by atoms with Gasteiger partial charge in [0.05, 0.1) is 12.7 Å². The van der Waals surface area contributed by atoms with Crippen molar-refractivity contribution >= 4 is 0 Å². The molecule has 3 nitrogen and oxygen atoms in total. The Morgan fingerprint density at radius 1 is 1.18 bits per heavy atom. The first-order chi connectivity index (χ1) is 8.38. The van der Waals surface area contributed by atoms with Crippen LogP contribution in [0.3, 0.4) is 0 Å². The van der Waals surface area contributed by atoms with Gasteiger partial charge in [-0.3, -0.25) is 0 Å². The number of aliphatic hydroxyl groups excluding tert-OH is 1. The minimum atomic E-state index is 0.115. The normalized spacial score (nSPS) is 20.4. The van der Waals surface area contributed by atoms with Gasteiger partial charge in [0, 0.05) is 19.7 Å². The van der Waals surface area contributed by atoms with Crippen LogP contribution in [0, 0.1) is 0 Å². The molecule has 94 valence electrons. The molecule has 3 heteroatoms. The van der Waals surface area contributed by atoms with E-state index in [9.17, 15) is 0 Å². The van der Waals surface area contributed by atoms with E-state index in [0.717, 1.165) is 25.3 Å². The standard InChI is InChI=1S/C14H21NO2/c16-11-13-6-4-12(5-7-13)9-15-10-14-3-1-2-8-17-14/h4-7,14-16H,1-3,8-11H2. The van der Waals surface area contributed by atoms with Gasteiger partial charge in [-0.25, -0.2) is 0 Å². The summed E-state index contributed by atoms with van der Waals surface area (Å²) in [6.07, 6.45) is 4.06. The molecule has 0 spiro atoms. The number of aliphatic hydroxyl groups is 1. The molecule has 1 heterocycles. The molecule has 0 aromatic heterocycles. The van der Waals surface area contributed by atoms with Gasteiger partial charge in [0.2, 0.25) is 0 Å². The zero-order valence-corrected chi connectivity index (χ0v) is 10.2. The Hall–Kier alpha value is -0.900. The number of ether oxygens (including phenoxy) is 1. The van der Waals surface area contributed by atoms with E-state index in [4.69, 9.17) is 9.84 Å². The van der Waals surface area contributed by atoms with E-state index in [2.05, 4.69) is 17.4 Å². The fourth-order valence-corrected chi connectivity index (χ4v) is 2.11. The van der Waals surface area contributed by atoms with E-state index >= 15 is 0 Å². The zero-order chi connectivity index (χ0) is 11.9. The summed E-state index contributed by atoms with van der Waals surface area (Å²) in [4.78, 5) is 0. The summed E-state index contributed by atoms with van der Waals surface area (Å²) in [6.45, 7) is 2.83. The van der Waals surface area contributed by atoms with Crippen LogP contribution in [0.5, 0.6) is 0 Å². The average molecular weight is 235 g/mol. The fourth-order valence-electron chi connectivity index (χ4n) is 2.11. The molecule has 0 saturated carbocycles. The smallest absolute Gasteiger partial charge is 0.0699 e. The van der Waals surface area contributed by atoms with E-state index in [-0.39, 0.29) is 6.61 Å². The van der Waals surface area contributed by atoms with E-state index in [1.807, 2.05) is 12.1 Å². The average Bonchev–Trinajstić information content (AvgIpc) is 2.41. The summed E-state index contributed by atoms with van der Waals surface area (Å²) in [5.41, 5.74) is 2.21. The second-order valence-electron chi connectivity index (χ2n) is 4.59. The van der Waals surface area contributed by atoms with E-state index in [0.29, 0.717) is 6.10 Å². The van der Waals surface area contributed by atoms with Crippen LogP contribution >= 0.6 is 0 Å². The molecule has 0 amide bonds. The highest BCUT2D eigenvalue weighted by Crippen LogP contribution is 2.12. The first-order valence-corrected chi connectivity index (χ1v) is 6.39. The van der Waals surface area contributed by atoms with Gasteiger partial charge in [0.25, 0.3) is 0 Å². The van der Waals surface area contributed by atoms with Crippen molar-refractivity contribution in [2.75, 3.05) is 13.2 Å². The lowest BCUT2D eigenvalue weighted by atomic mass is 10.1. The first kappa shape index (κ1) is 12.6. The highest BCUT2D eigenvalue weighted by Gasteiger charge is 2.12. The fraction of sp³-hybridized carbons (Fsp3) is 0.571. The second-order valence-corrected chi connectivity index (χ2v) is 4.59. The quantitative estimate of drug-likeness (QED) is 0.818. The molecular formula is C14H21NO2. The highest BCUT2D eigenvalue weighted by molar-refractivity contribution is 5.21. The van der Waals surface area contributed by atoms with Crippen LogP contribution in [-0.2, 0) is 17.9 Å². The van der Waals surface area contributed by atoms with Gasteiger partial charge < -0.3 is 15.2 Å². The second kappa shape index (κ2) is 6.74. The molecule has 1 fully saturated rings. The monoisotopic (exact) mass is 235 g/mol. The van der Waals surface area contributed by atoms with Crippen LogP contribution in [-0.4, -0.2) is 24.4 Å². The summed E-state index contributed by atoms with van der Waals surface area (Å²) < 4.78 is 5.66. The number of nitrogens with one attached hydrogen (secondary N) is 1. The molecule has 17 heavy (non-hydrogen) atoms. The van der Waals surface area contributed by atoms with Crippen LogP contribution in [0.2, 0.25) is 0 Å². The number of hydrogen-bond acceptors (Lipinski definition) is 3. The zero-order valence-electron chi connectivity index (χ0n) is 10.2. The Labute approximate surface area is 103 Å². The van der Waals surface area contributed by atoms with Crippen molar-refractivity contribution in [3.05, 3.63) is 35.4 Å². The maximum atomic E-state index is 8.94. The van der Waals surface area contributed by atoms with Crippen molar-refractivity contribution in [2.45, 2.75) is 38.5 Å². The van der Waals surface area contributed by atoms with Crippen LogP contribution in [0.25, 0.3) is 0 Å². The number of benzene rings is 1. The summed E-state index contributed by atoms with van der Waals surface area (Å²) in [5.74, 6) is 0. The predicted octanol–water partition coefficient (Wildman–Crippen LogP) is 1.84. The lowest BCUT2D eigenvalue weighted by Crippen LogP contribution is -2.31. The Kier molecular flexibility index (Phi) is 4.98. The van der Waals surface area contributed by atoms with Gasteiger partial charge in [-0.2, -0.15) is 0 Å². The molecule has 2 N–H and O–H groups in total. The molecule has 1 aromatic carbocycles. The highest BCUT2D eigenvalue weighted by atomic mass is 16.5. The molecule has 1 aliphatic rings. The molecule has 1 saturated heterocycles. The molecule has 2 rings (SSSR count). The minimum Gasteiger partial charge on any atom is -0.392 e. The van der Waals surface area contributed by atoms with Crippen LogP contribution in [0.15, 0.2) is 24.3 Å². The molecule has 1 aromatic rings. The van der Waals surface area contributed by atoms with Gasteiger partial charge in [0.15, 0.2) is 0 Å². The summed E-state index contributed by atoms with van der Waals surface area (Å²) in [7, 11) is 0. The Morgan fingerprint density at radius 3 is 2.59 bits per heavy atom. The first-order valence-electron chi connectivity index (χ1n) is 6.39. The molecule has 1 aliphatic heterocycles. The third-order valence-corrected chi connectivity index (χ3v) is 3.18. The van der Waals surface area contributed by atoms with Gasteiger partial charge in [-0.05, 0) is 30.4 Å². The van der Waals surface area contributed by atoms with Crippen molar-refractivity contribution in [1.82, 2.24) is 5.32 Å². The third kappa shape index (κ3) is 4.11. The number of rotatable bonds is 5. The lowest BCUT2D eigenvalue weighted by Gasteiger charge is -2.22. The van der Waals surface area contributed by atoms with Crippen molar-refractivity contribution in [3.8, 4) is 0 Å². The largest absolute Gasteiger partial charge is 0.392 e. The summed E-state index contributed by atoms with van der Waals surface area (Å²) in [5, 5.41) is 12.4. The number of hydrogen-bond donors (Lipinski definition) is 2. The van der Waals surface area contributed by atoms with Crippen molar-refractivity contribution in [1.29, 1.82) is 0 Å². The Balaban J connectivity index is 1.69. The van der Waals surface area contributed by atoms with Crippen LogP contribution in [0.1, 0.15) is 30.4 Å². The Bertz CT molecular complexity index is 317. The maximum Gasteiger partial charge on any atom is 0.0699 e. The molecular weight excluding hydrogens is 214 g/mol. The van der Waals surface area contributed by atoms with Crippen molar-refractivity contribution < 1.29 is 9.84 Å². The molecule has 0 aliphatic carbocycles. The SMILES string of the molecule is OCc1ccc(CNCC2CCCCO2)cc1. The lowest BCUT2D eigenvalue weighted by molar-refractivity contribution is 0.0168. The third-order valence-electron chi connectivity index (χ3n) is 3.18. The maximum absolute atomic E-state index is 8.94. The predicted molar refractivity (Wildman–Crippen MR) is 67.7 cm³/mol. The summed E-state index contributed by atoms with van der Waals surface area (Å²) >= 11 is 0. The van der Waals surface area contributed by atoms with Crippen molar-refractivity contribution in [2.24, 2.45) is 0 Å². The molecule has 1 atom stereocenters. The topological polar surface area (TPSA) is 41.5 Å². The van der Waals surface area contributed by atoms with Crippen LogP contribution in [0.4, 0.5) is 0 Å². The Morgan fingerprint density at radius 2 is 1.94 bits per heavy atom. The molecule has 0 radical (unpaired) electrons. The molecule has 1 unspecified atom stereocenters. The minimum absolute atomic E-state index is 0.115. The van der Waals surface area contributed by atoms with E-state index in [1.165, 1.54) is 24.8 Å². The van der Waals surface area contributed by atoms with Crippen molar-refractivity contribution in [3.63, 3.8) is 0 Å². The van der Waals surface area contributed by atoms with Gasteiger partial charge in [-0.15, -0.1) is 0 Å². The van der Waals surface area contributed by atoms with Gasteiger partial charge in [0.1, 0.15) is 0 Å². The van der Waals surface area contributed by atoms with Crippen LogP contribution < -0.4 is 5.32 Å².